The molecule has 19 heavy (non-hydrogen) atoms. The number of nitriles is 1. The van der Waals surface area contributed by atoms with E-state index in [9.17, 15) is 13.2 Å². The number of para-hydroxylation sites is 1. The Hall–Kier alpha value is -1.87. The molecule has 1 aliphatic heterocycles. The zero-order chi connectivity index (χ0) is 13.9. The summed E-state index contributed by atoms with van der Waals surface area (Å²) in [5, 5.41) is 7.27. The second-order valence-corrected chi connectivity index (χ2v) is 6.59. The van der Waals surface area contributed by atoms with Crippen molar-refractivity contribution in [2.45, 2.75) is 18.1 Å². The summed E-state index contributed by atoms with van der Waals surface area (Å²) in [6.07, 6.45) is 0.405. The SMILES string of the molecule is N#CCCCS(=O)(=O)[C@H]1COc2ccccc2C1=O. The van der Waals surface area contributed by atoms with Gasteiger partial charge in [-0.2, -0.15) is 5.26 Å². The van der Waals surface area contributed by atoms with Crippen LogP contribution in [0.3, 0.4) is 0 Å². The molecule has 1 atom stereocenters. The molecule has 0 saturated carbocycles. The Bertz CT molecular complexity index is 630. The maximum atomic E-state index is 12.2. The summed E-state index contributed by atoms with van der Waals surface area (Å²) in [7, 11) is -3.57. The number of nitrogens with zero attached hydrogens (tertiary/aromatic N) is 1. The fraction of sp³-hybridized carbons (Fsp3) is 0.385. The van der Waals surface area contributed by atoms with Gasteiger partial charge >= 0.3 is 0 Å². The van der Waals surface area contributed by atoms with E-state index < -0.39 is 20.9 Å². The van der Waals surface area contributed by atoms with Crippen LogP contribution in [0.25, 0.3) is 0 Å². The summed E-state index contributed by atoms with van der Waals surface area (Å²) in [4.78, 5) is 12.2. The Balaban J connectivity index is 2.20. The van der Waals surface area contributed by atoms with Gasteiger partial charge in [0.25, 0.3) is 0 Å². The fourth-order valence-corrected chi connectivity index (χ4v) is 3.53. The van der Waals surface area contributed by atoms with E-state index >= 15 is 0 Å². The number of benzene rings is 1. The highest BCUT2D eigenvalue weighted by Crippen LogP contribution is 2.27. The van der Waals surface area contributed by atoms with Crippen molar-refractivity contribution >= 4 is 15.6 Å². The van der Waals surface area contributed by atoms with Crippen LogP contribution in [0.5, 0.6) is 5.75 Å². The van der Waals surface area contributed by atoms with Gasteiger partial charge in [-0.3, -0.25) is 4.79 Å². The lowest BCUT2D eigenvalue weighted by molar-refractivity contribution is 0.0939. The number of ketones is 1. The van der Waals surface area contributed by atoms with Crippen molar-refractivity contribution in [2.75, 3.05) is 12.4 Å². The van der Waals surface area contributed by atoms with E-state index in [-0.39, 0.29) is 25.2 Å². The van der Waals surface area contributed by atoms with Crippen molar-refractivity contribution in [3.05, 3.63) is 29.8 Å². The van der Waals surface area contributed by atoms with E-state index in [0.29, 0.717) is 11.3 Å². The van der Waals surface area contributed by atoms with E-state index in [1.165, 1.54) is 0 Å². The average molecular weight is 279 g/mol. The molecule has 0 amide bonds. The van der Waals surface area contributed by atoms with Gasteiger partial charge in [0, 0.05) is 6.42 Å². The second-order valence-electron chi connectivity index (χ2n) is 4.29. The second kappa shape index (κ2) is 5.41. The third kappa shape index (κ3) is 2.76. The number of sulfone groups is 1. The molecule has 1 heterocycles. The molecular weight excluding hydrogens is 266 g/mol. The highest BCUT2D eigenvalue weighted by Gasteiger charge is 2.37. The lowest BCUT2D eigenvalue weighted by atomic mass is 10.1. The molecule has 0 fully saturated rings. The standard InChI is InChI=1S/C13H13NO4S/c14-7-3-4-8-19(16,17)12-9-18-11-6-2-1-5-10(11)13(12)15/h1-2,5-6,12H,3-4,8-9H2/t12-/m0/s1. The molecule has 0 spiro atoms. The average Bonchev–Trinajstić information content (AvgIpc) is 2.39. The van der Waals surface area contributed by atoms with Gasteiger partial charge in [-0.15, -0.1) is 0 Å². The van der Waals surface area contributed by atoms with Crippen LogP contribution in [-0.2, 0) is 9.84 Å². The van der Waals surface area contributed by atoms with E-state index in [4.69, 9.17) is 10.00 Å². The van der Waals surface area contributed by atoms with Crippen molar-refractivity contribution in [3.8, 4) is 11.8 Å². The van der Waals surface area contributed by atoms with Crippen molar-refractivity contribution in [3.63, 3.8) is 0 Å². The third-order valence-electron chi connectivity index (χ3n) is 2.99. The van der Waals surface area contributed by atoms with Crippen molar-refractivity contribution in [2.24, 2.45) is 0 Å². The topological polar surface area (TPSA) is 84.2 Å². The van der Waals surface area contributed by atoms with Gasteiger partial charge in [-0.25, -0.2) is 8.42 Å². The number of carbonyl (C=O) groups excluding carboxylic acids is 1. The summed E-state index contributed by atoms with van der Waals surface area (Å²) in [5.74, 6) is -0.155. The summed E-state index contributed by atoms with van der Waals surface area (Å²) >= 11 is 0. The summed E-state index contributed by atoms with van der Waals surface area (Å²) in [6.45, 7) is -0.148. The maximum absolute atomic E-state index is 12.2. The van der Waals surface area contributed by atoms with Gasteiger partial charge in [0.05, 0.1) is 17.4 Å². The van der Waals surface area contributed by atoms with E-state index in [1.807, 2.05) is 6.07 Å². The van der Waals surface area contributed by atoms with Crippen molar-refractivity contribution in [1.82, 2.24) is 0 Å². The third-order valence-corrected chi connectivity index (χ3v) is 5.06. The number of fused-ring (bicyclic) bond motifs is 1. The summed E-state index contributed by atoms with van der Waals surface area (Å²) in [6, 6.07) is 8.50. The Morgan fingerprint density at radius 1 is 1.37 bits per heavy atom. The summed E-state index contributed by atoms with van der Waals surface area (Å²) in [5.41, 5.74) is 0.308. The molecule has 1 aromatic rings. The molecule has 2 rings (SSSR count). The minimum absolute atomic E-state index is 0.148. The normalized spacial score (nSPS) is 18.3. The number of hydrogen-bond donors (Lipinski definition) is 0. The van der Waals surface area contributed by atoms with E-state index in [1.54, 1.807) is 24.3 Å². The Morgan fingerprint density at radius 2 is 2.11 bits per heavy atom. The largest absolute Gasteiger partial charge is 0.491 e. The zero-order valence-electron chi connectivity index (χ0n) is 10.2. The first-order valence-electron chi connectivity index (χ1n) is 5.91. The lowest BCUT2D eigenvalue weighted by Crippen LogP contribution is -2.40. The van der Waals surface area contributed by atoms with Crippen LogP contribution in [0.15, 0.2) is 24.3 Å². The van der Waals surface area contributed by atoms with Gasteiger partial charge in [-0.05, 0) is 18.6 Å². The molecule has 0 N–H and O–H groups in total. The number of carbonyl (C=O) groups is 1. The minimum Gasteiger partial charge on any atom is -0.491 e. The predicted molar refractivity (Wildman–Crippen MR) is 68.7 cm³/mol. The molecule has 0 saturated heterocycles. The van der Waals surface area contributed by atoms with Crippen molar-refractivity contribution in [1.29, 1.82) is 5.26 Å². The molecule has 5 nitrogen and oxygen atoms in total. The molecule has 1 aliphatic rings. The highest BCUT2D eigenvalue weighted by molar-refractivity contribution is 7.92. The molecular formula is C13H13NO4S. The van der Waals surface area contributed by atoms with Crippen LogP contribution in [0.4, 0.5) is 0 Å². The van der Waals surface area contributed by atoms with Gasteiger partial charge in [0.1, 0.15) is 12.4 Å². The van der Waals surface area contributed by atoms with E-state index in [2.05, 4.69) is 0 Å². The van der Waals surface area contributed by atoms with E-state index in [0.717, 1.165) is 0 Å². The molecule has 0 aliphatic carbocycles. The molecule has 1 aromatic carbocycles. The first kappa shape index (κ1) is 13.6. The first-order chi connectivity index (χ1) is 9.06. The van der Waals surface area contributed by atoms with Crippen LogP contribution >= 0.6 is 0 Å². The first-order valence-corrected chi connectivity index (χ1v) is 7.62. The van der Waals surface area contributed by atoms with Gasteiger partial charge in [0.2, 0.25) is 0 Å². The van der Waals surface area contributed by atoms with Crippen LogP contribution in [0, 0.1) is 11.3 Å². The van der Waals surface area contributed by atoms with Crippen LogP contribution < -0.4 is 4.74 Å². The predicted octanol–water partition coefficient (Wildman–Crippen LogP) is 1.35. The summed E-state index contributed by atoms with van der Waals surface area (Å²) < 4.78 is 29.5. The van der Waals surface area contributed by atoms with Gasteiger partial charge in [-0.1, -0.05) is 12.1 Å². The van der Waals surface area contributed by atoms with Crippen LogP contribution in [0.1, 0.15) is 23.2 Å². The Morgan fingerprint density at radius 3 is 2.84 bits per heavy atom. The number of rotatable bonds is 4. The smallest absolute Gasteiger partial charge is 0.188 e. The number of Topliss-reactive ketones (excluding diaryl/α,β-unsaturated/α-hetero) is 1. The maximum Gasteiger partial charge on any atom is 0.188 e. The Kier molecular flexibility index (Phi) is 3.86. The number of unbranched alkanes of at least 4 members (excludes halogenated alkanes) is 1. The molecule has 0 radical (unpaired) electrons. The molecule has 100 valence electrons. The molecule has 0 unspecified atom stereocenters. The monoisotopic (exact) mass is 279 g/mol. The Labute approximate surface area is 111 Å². The number of hydrogen-bond acceptors (Lipinski definition) is 5. The fourth-order valence-electron chi connectivity index (χ4n) is 1.97. The highest BCUT2D eigenvalue weighted by atomic mass is 32.2. The van der Waals surface area contributed by atoms with Crippen LogP contribution in [0.2, 0.25) is 0 Å². The van der Waals surface area contributed by atoms with Gasteiger partial charge in [0.15, 0.2) is 20.9 Å². The van der Waals surface area contributed by atoms with Crippen LogP contribution in [-0.4, -0.2) is 31.8 Å². The quantitative estimate of drug-likeness (QED) is 0.777. The molecule has 0 bridgehead atoms. The number of ether oxygens (including phenoxy) is 1. The lowest BCUT2D eigenvalue weighted by Gasteiger charge is -2.23. The van der Waals surface area contributed by atoms with Crippen molar-refractivity contribution < 1.29 is 17.9 Å². The van der Waals surface area contributed by atoms with Gasteiger partial charge < -0.3 is 4.74 Å². The zero-order valence-corrected chi connectivity index (χ0v) is 11.0. The minimum atomic E-state index is -3.57. The molecule has 0 aromatic heterocycles. The molecule has 6 heteroatoms.